The monoisotopic (exact) mass is 280 g/mol. The van der Waals surface area contributed by atoms with E-state index in [1.54, 1.807) is 0 Å². The fourth-order valence-electron chi connectivity index (χ4n) is 1.43. The standard InChI is InChI=1S/C12H8O6S/c13-7-9-3-6-11(18-9)19(16,17)10-4-1-8(2-5-10)12(14)15/h1-7H,(H,14,15). The lowest BCUT2D eigenvalue weighted by molar-refractivity contribution is 0.0696. The molecule has 1 heterocycles. The van der Waals surface area contributed by atoms with Gasteiger partial charge >= 0.3 is 5.97 Å². The summed E-state index contributed by atoms with van der Waals surface area (Å²) in [5, 5.41) is 8.36. The van der Waals surface area contributed by atoms with Crippen LogP contribution in [0.25, 0.3) is 0 Å². The molecule has 0 radical (unpaired) electrons. The number of sulfone groups is 1. The summed E-state index contributed by atoms with van der Waals surface area (Å²) in [4.78, 5) is 21.0. The highest BCUT2D eigenvalue weighted by Gasteiger charge is 2.22. The van der Waals surface area contributed by atoms with Crippen molar-refractivity contribution < 1.29 is 27.5 Å². The van der Waals surface area contributed by atoms with Crippen molar-refractivity contribution >= 4 is 22.1 Å². The van der Waals surface area contributed by atoms with E-state index in [1.807, 2.05) is 0 Å². The molecule has 0 bridgehead atoms. The van der Waals surface area contributed by atoms with Gasteiger partial charge in [-0.15, -0.1) is 0 Å². The number of carbonyl (C=O) groups excluding carboxylic acids is 1. The highest BCUT2D eigenvalue weighted by atomic mass is 32.2. The number of hydrogen-bond acceptors (Lipinski definition) is 5. The minimum absolute atomic E-state index is 0.0213. The van der Waals surface area contributed by atoms with Crippen LogP contribution in [0.1, 0.15) is 20.9 Å². The Kier molecular flexibility index (Phi) is 3.22. The quantitative estimate of drug-likeness (QED) is 0.854. The molecule has 19 heavy (non-hydrogen) atoms. The van der Waals surface area contributed by atoms with Crippen molar-refractivity contribution in [2.45, 2.75) is 9.99 Å². The Hall–Kier alpha value is -2.41. The highest BCUT2D eigenvalue weighted by molar-refractivity contribution is 7.91. The van der Waals surface area contributed by atoms with Crippen LogP contribution < -0.4 is 0 Å². The molecule has 0 saturated carbocycles. The van der Waals surface area contributed by atoms with Gasteiger partial charge in [-0.25, -0.2) is 13.2 Å². The lowest BCUT2D eigenvalue weighted by Crippen LogP contribution is -2.02. The SMILES string of the molecule is O=Cc1ccc(S(=O)(=O)c2ccc(C(=O)O)cc2)o1. The fourth-order valence-corrected chi connectivity index (χ4v) is 2.61. The van der Waals surface area contributed by atoms with Crippen molar-refractivity contribution in [2.24, 2.45) is 0 Å². The average Bonchev–Trinajstić information content (AvgIpc) is 2.88. The molecular weight excluding hydrogens is 272 g/mol. The fraction of sp³-hybridized carbons (Fsp3) is 0. The first-order chi connectivity index (χ1) is 8.95. The summed E-state index contributed by atoms with van der Waals surface area (Å²) in [6.45, 7) is 0. The van der Waals surface area contributed by atoms with E-state index in [9.17, 15) is 18.0 Å². The second-order valence-electron chi connectivity index (χ2n) is 3.61. The van der Waals surface area contributed by atoms with Gasteiger partial charge in [0.05, 0.1) is 10.5 Å². The zero-order chi connectivity index (χ0) is 14.0. The smallest absolute Gasteiger partial charge is 0.335 e. The van der Waals surface area contributed by atoms with Crippen LogP contribution >= 0.6 is 0 Å². The van der Waals surface area contributed by atoms with Gasteiger partial charge in [-0.1, -0.05) is 0 Å². The molecule has 1 aromatic heterocycles. The minimum atomic E-state index is -3.89. The van der Waals surface area contributed by atoms with Gasteiger partial charge in [-0.3, -0.25) is 4.79 Å². The lowest BCUT2D eigenvalue weighted by Gasteiger charge is -2.01. The van der Waals surface area contributed by atoms with Gasteiger partial charge in [0.25, 0.3) is 0 Å². The summed E-state index contributed by atoms with van der Waals surface area (Å²) in [5.74, 6) is -1.24. The normalized spacial score (nSPS) is 11.2. The predicted molar refractivity (Wildman–Crippen MR) is 62.9 cm³/mol. The number of hydrogen-bond donors (Lipinski definition) is 1. The van der Waals surface area contributed by atoms with E-state index in [0.717, 1.165) is 0 Å². The van der Waals surface area contributed by atoms with Crippen molar-refractivity contribution in [1.29, 1.82) is 0 Å². The van der Waals surface area contributed by atoms with Gasteiger partial charge in [0, 0.05) is 0 Å². The Morgan fingerprint density at radius 1 is 1.11 bits per heavy atom. The summed E-state index contributed by atoms with van der Waals surface area (Å²) in [7, 11) is -3.89. The first kappa shape index (κ1) is 13.0. The van der Waals surface area contributed by atoms with Crippen LogP contribution in [0.5, 0.6) is 0 Å². The molecule has 0 aliphatic carbocycles. The highest BCUT2D eigenvalue weighted by Crippen LogP contribution is 2.22. The number of aromatic carboxylic acids is 1. The molecule has 1 aromatic carbocycles. The van der Waals surface area contributed by atoms with Gasteiger partial charge in [-0.2, -0.15) is 0 Å². The molecule has 0 saturated heterocycles. The van der Waals surface area contributed by atoms with Crippen LogP contribution in [-0.2, 0) is 9.84 Å². The Bertz CT molecular complexity index is 724. The minimum Gasteiger partial charge on any atom is -0.478 e. The Labute approximate surface area is 108 Å². The number of rotatable bonds is 4. The molecule has 98 valence electrons. The van der Waals surface area contributed by atoms with E-state index in [2.05, 4.69) is 0 Å². The van der Waals surface area contributed by atoms with Crippen molar-refractivity contribution in [3.05, 3.63) is 47.7 Å². The Morgan fingerprint density at radius 3 is 2.21 bits per heavy atom. The molecular formula is C12H8O6S. The molecule has 0 aliphatic heterocycles. The number of carboxylic acids is 1. The molecule has 0 fully saturated rings. The van der Waals surface area contributed by atoms with E-state index in [1.165, 1.54) is 36.4 Å². The van der Waals surface area contributed by atoms with Gasteiger partial charge in [0.1, 0.15) is 0 Å². The molecule has 6 nitrogen and oxygen atoms in total. The molecule has 2 rings (SSSR count). The van der Waals surface area contributed by atoms with Gasteiger partial charge in [-0.05, 0) is 36.4 Å². The second kappa shape index (κ2) is 4.69. The molecule has 0 atom stereocenters. The molecule has 0 unspecified atom stereocenters. The number of benzene rings is 1. The third-order valence-corrected chi connectivity index (χ3v) is 4.04. The maximum Gasteiger partial charge on any atom is 0.335 e. The van der Waals surface area contributed by atoms with Crippen LogP contribution in [0.3, 0.4) is 0 Å². The van der Waals surface area contributed by atoms with Gasteiger partial charge in [0.15, 0.2) is 12.0 Å². The number of carboxylic acid groups (broad SMARTS) is 1. The van der Waals surface area contributed by atoms with E-state index < -0.39 is 15.8 Å². The van der Waals surface area contributed by atoms with E-state index in [0.29, 0.717) is 6.29 Å². The summed E-state index contributed by atoms with van der Waals surface area (Å²) < 4.78 is 29.0. The van der Waals surface area contributed by atoms with Crippen molar-refractivity contribution in [3.8, 4) is 0 Å². The first-order valence-corrected chi connectivity index (χ1v) is 6.57. The van der Waals surface area contributed by atoms with E-state index in [4.69, 9.17) is 9.52 Å². The average molecular weight is 280 g/mol. The summed E-state index contributed by atoms with van der Waals surface area (Å²) in [6, 6.07) is 7.11. The molecule has 0 aliphatic rings. The zero-order valence-corrected chi connectivity index (χ0v) is 10.3. The van der Waals surface area contributed by atoms with Gasteiger partial charge < -0.3 is 9.52 Å². The topological polar surface area (TPSA) is 102 Å². The number of carbonyl (C=O) groups is 2. The zero-order valence-electron chi connectivity index (χ0n) is 9.44. The largest absolute Gasteiger partial charge is 0.478 e. The Balaban J connectivity index is 2.44. The van der Waals surface area contributed by atoms with Crippen LogP contribution in [0.2, 0.25) is 0 Å². The van der Waals surface area contributed by atoms with E-state index >= 15 is 0 Å². The summed E-state index contributed by atoms with van der Waals surface area (Å²) in [6.07, 6.45) is 0.395. The predicted octanol–water partition coefficient (Wildman–Crippen LogP) is 1.62. The third-order valence-electron chi connectivity index (χ3n) is 2.39. The third kappa shape index (κ3) is 2.41. The molecule has 2 aromatic rings. The lowest BCUT2D eigenvalue weighted by atomic mass is 10.2. The van der Waals surface area contributed by atoms with Crippen molar-refractivity contribution in [1.82, 2.24) is 0 Å². The van der Waals surface area contributed by atoms with E-state index in [-0.39, 0.29) is 21.3 Å². The molecule has 0 amide bonds. The summed E-state index contributed by atoms with van der Waals surface area (Å²) >= 11 is 0. The van der Waals surface area contributed by atoms with Crippen LogP contribution in [-0.4, -0.2) is 25.8 Å². The maximum atomic E-state index is 12.1. The second-order valence-corrected chi connectivity index (χ2v) is 5.49. The maximum absolute atomic E-state index is 12.1. The van der Waals surface area contributed by atoms with Gasteiger partial charge in [0.2, 0.25) is 14.9 Å². The molecule has 7 heteroatoms. The van der Waals surface area contributed by atoms with Crippen molar-refractivity contribution in [2.75, 3.05) is 0 Å². The van der Waals surface area contributed by atoms with Crippen LogP contribution in [0.4, 0.5) is 0 Å². The number of aldehydes is 1. The summed E-state index contributed by atoms with van der Waals surface area (Å²) in [5.41, 5.74) is -0.0213. The number of furan rings is 1. The molecule has 1 N–H and O–H groups in total. The first-order valence-electron chi connectivity index (χ1n) is 5.08. The Morgan fingerprint density at radius 2 is 1.74 bits per heavy atom. The van der Waals surface area contributed by atoms with Crippen LogP contribution in [0.15, 0.2) is 50.8 Å². The van der Waals surface area contributed by atoms with Crippen LogP contribution in [0, 0.1) is 0 Å². The molecule has 0 spiro atoms. The van der Waals surface area contributed by atoms with Crippen molar-refractivity contribution in [3.63, 3.8) is 0 Å².